The summed E-state index contributed by atoms with van der Waals surface area (Å²) in [5, 5.41) is 7.01. The van der Waals surface area contributed by atoms with Gasteiger partial charge in [-0.05, 0) is 60.1 Å². The molecule has 1 aliphatic rings. The van der Waals surface area contributed by atoms with Gasteiger partial charge in [-0.1, -0.05) is 36.4 Å². The van der Waals surface area contributed by atoms with Gasteiger partial charge in [0.1, 0.15) is 0 Å². The molecule has 0 radical (unpaired) electrons. The molecule has 1 saturated heterocycles. The Morgan fingerprint density at radius 1 is 0.968 bits per heavy atom. The Balaban J connectivity index is 1.58. The van der Waals surface area contributed by atoms with Gasteiger partial charge in [0, 0.05) is 18.7 Å². The Kier molecular flexibility index (Phi) is 5.82. The molecule has 0 bridgehead atoms. The topological polar surface area (TPSA) is 44.4 Å². The van der Waals surface area contributed by atoms with E-state index in [2.05, 4.69) is 10.6 Å². The van der Waals surface area contributed by atoms with Crippen LogP contribution in [0.4, 0.5) is 24.5 Å². The van der Waals surface area contributed by atoms with Gasteiger partial charge in [-0.2, -0.15) is 13.2 Å². The minimum Gasteiger partial charge on any atom is -0.370 e. The summed E-state index contributed by atoms with van der Waals surface area (Å²) in [6.07, 6.45) is -2.53. The third-order valence-electron chi connectivity index (χ3n) is 5.28. The lowest BCUT2D eigenvalue weighted by Gasteiger charge is -2.23. The fourth-order valence-electron chi connectivity index (χ4n) is 3.79. The Morgan fingerprint density at radius 2 is 1.68 bits per heavy atom. The molecular formula is C23H20F3N3OS. The van der Waals surface area contributed by atoms with Gasteiger partial charge in [0.2, 0.25) is 0 Å². The summed E-state index contributed by atoms with van der Waals surface area (Å²) < 4.78 is 39.8. The van der Waals surface area contributed by atoms with Gasteiger partial charge >= 0.3 is 6.18 Å². The molecular weight excluding hydrogens is 423 g/mol. The highest BCUT2D eigenvalue weighted by Crippen LogP contribution is 2.36. The summed E-state index contributed by atoms with van der Waals surface area (Å²) in [7, 11) is 0. The summed E-state index contributed by atoms with van der Waals surface area (Å²) in [4.78, 5) is 14.8. The SMILES string of the molecule is O=C(NC(=S)Nc1cc(C(F)(F)F)ccc1N1CCCC1)c1cccc2ccccc12. The number of halogens is 3. The first-order chi connectivity index (χ1) is 14.8. The van der Waals surface area contributed by atoms with Crippen molar-refractivity contribution in [1.29, 1.82) is 0 Å². The lowest BCUT2D eigenvalue weighted by atomic mass is 10.0. The number of hydrogen-bond donors (Lipinski definition) is 2. The summed E-state index contributed by atoms with van der Waals surface area (Å²) >= 11 is 5.26. The number of rotatable bonds is 3. The van der Waals surface area contributed by atoms with E-state index < -0.39 is 17.6 Å². The van der Waals surface area contributed by atoms with Gasteiger partial charge in [0.05, 0.1) is 16.9 Å². The van der Waals surface area contributed by atoms with Crippen molar-refractivity contribution in [3.63, 3.8) is 0 Å². The van der Waals surface area contributed by atoms with Crippen LogP contribution in [0.2, 0.25) is 0 Å². The zero-order chi connectivity index (χ0) is 22.0. The second kappa shape index (κ2) is 8.55. The molecule has 0 atom stereocenters. The van der Waals surface area contributed by atoms with Crippen LogP contribution in [0.3, 0.4) is 0 Å². The Labute approximate surface area is 183 Å². The van der Waals surface area contributed by atoms with Crippen molar-refractivity contribution < 1.29 is 18.0 Å². The standard InChI is InChI=1S/C23H20F3N3OS/c24-23(25,26)16-10-11-20(29-12-3-4-13-29)19(14-16)27-22(31)28-21(30)18-9-5-7-15-6-1-2-8-17(15)18/h1-2,5-11,14H,3-4,12-13H2,(H2,27,28,30,31). The highest BCUT2D eigenvalue weighted by molar-refractivity contribution is 7.80. The molecule has 3 aromatic carbocycles. The van der Waals surface area contributed by atoms with Gasteiger partial charge in [-0.3, -0.25) is 10.1 Å². The van der Waals surface area contributed by atoms with E-state index in [0.29, 0.717) is 11.3 Å². The molecule has 0 aromatic heterocycles. The molecule has 8 heteroatoms. The van der Waals surface area contributed by atoms with Crippen molar-refractivity contribution in [2.45, 2.75) is 19.0 Å². The predicted molar refractivity (Wildman–Crippen MR) is 121 cm³/mol. The van der Waals surface area contributed by atoms with E-state index in [1.807, 2.05) is 35.2 Å². The number of fused-ring (bicyclic) bond motifs is 1. The van der Waals surface area contributed by atoms with E-state index in [1.165, 1.54) is 6.07 Å². The summed E-state index contributed by atoms with van der Waals surface area (Å²) in [6.45, 7) is 1.52. The molecule has 1 aliphatic heterocycles. The number of amides is 1. The quantitative estimate of drug-likeness (QED) is 0.519. The van der Waals surface area contributed by atoms with Crippen molar-refractivity contribution in [3.8, 4) is 0 Å². The fourth-order valence-corrected chi connectivity index (χ4v) is 4.00. The maximum Gasteiger partial charge on any atom is 0.416 e. The molecule has 4 rings (SSSR count). The van der Waals surface area contributed by atoms with E-state index in [-0.39, 0.29) is 10.8 Å². The van der Waals surface area contributed by atoms with Crippen LogP contribution in [0.25, 0.3) is 10.8 Å². The van der Waals surface area contributed by atoms with Crippen molar-refractivity contribution in [1.82, 2.24) is 5.32 Å². The van der Waals surface area contributed by atoms with Gasteiger partial charge in [-0.25, -0.2) is 0 Å². The van der Waals surface area contributed by atoms with E-state index in [0.717, 1.165) is 48.8 Å². The van der Waals surface area contributed by atoms with Gasteiger partial charge < -0.3 is 10.2 Å². The molecule has 0 saturated carbocycles. The van der Waals surface area contributed by atoms with Crippen LogP contribution in [-0.4, -0.2) is 24.1 Å². The van der Waals surface area contributed by atoms with Crippen LogP contribution in [0.5, 0.6) is 0 Å². The highest BCUT2D eigenvalue weighted by Gasteiger charge is 2.32. The molecule has 3 aromatic rings. The minimum atomic E-state index is -4.48. The molecule has 160 valence electrons. The van der Waals surface area contributed by atoms with Gasteiger partial charge in [-0.15, -0.1) is 0 Å². The lowest BCUT2D eigenvalue weighted by Crippen LogP contribution is -2.35. The number of thiocarbonyl (C=S) groups is 1. The van der Waals surface area contributed by atoms with E-state index in [4.69, 9.17) is 12.2 Å². The molecule has 1 amide bonds. The van der Waals surface area contributed by atoms with Crippen LogP contribution in [0.1, 0.15) is 28.8 Å². The molecule has 1 heterocycles. The number of benzene rings is 3. The summed E-state index contributed by atoms with van der Waals surface area (Å²) in [5.41, 5.74) is 0.513. The second-order valence-corrected chi connectivity index (χ2v) is 7.77. The average Bonchev–Trinajstić information content (AvgIpc) is 3.27. The number of hydrogen-bond acceptors (Lipinski definition) is 3. The highest BCUT2D eigenvalue weighted by atomic mass is 32.1. The Hall–Kier alpha value is -3.13. The van der Waals surface area contributed by atoms with Crippen LogP contribution < -0.4 is 15.5 Å². The lowest BCUT2D eigenvalue weighted by molar-refractivity contribution is -0.137. The maximum atomic E-state index is 13.3. The largest absolute Gasteiger partial charge is 0.416 e. The first-order valence-electron chi connectivity index (χ1n) is 9.89. The Bertz CT molecular complexity index is 1140. The normalized spacial score (nSPS) is 14.0. The fraction of sp³-hybridized carbons (Fsp3) is 0.217. The van der Waals surface area contributed by atoms with Gasteiger partial charge in [0.25, 0.3) is 5.91 Å². The van der Waals surface area contributed by atoms with Gasteiger partial charge in [0.15, 0.2) is 5.11 Å². The van der Waals surface area contributed by atoms with Crippen molar-refractivity contribution >= 4 is 45.4 Å². The van der Waals surface area contributed by atoms with E-state index in [1.54, 1.807) is 12.1 Å². The maximum absolute atomic E-state index is 13.3. The zero-order valence-electron chi connectivity index (χ0n) is 16.5. The number of nitrogens with zero attached hydrogens (tertiary/aromatic N) is 1. The number of carbonyl (C=O) groups is 1. The smallest absolute Gasteiger partial charge is 0.370 e. The van der Waals surface area contributed by atoms with Crippen LogP contribution >= 0.6 is 12.2 Å². The third-order valence-corrected chi connectivity index (χ3v) is 5.48. The monoisotopic (exact) mass is 443 g/mol. The van der Waals surface area contributed by atoms with Crippen LogP contribution in [0, 0.1) is 0 Å². The molecule has 0 aliphatic carbocycles. The van der Waals surface area contributed by atoms with E-state index >= 15 is 0 Å². The van der Waals surface area contributed by atoms with Crippen molar-refractivity contribution in [2.75, 3.05) is 23.3 Å². The van der Waals surface area contributed by atoms with E-state index in [9.17, 15) is 18.0 Å². The second-order valence-electron chi connectivity index (χ2n) is 7.36. The van der Waals surface area contributed by atoms with Crippen LogP contribution in [0.15, 0.2) is 60.7 Å². The predicted octanol–water partition coefficient (Wildman–Crippen LogP) is 5.59. The average molecular weight is 443 g/mol. The summed E-state index contributed by atoms with van der Waals surface area (Å²) in [6, 6.07) is 16.3. The molecule has 1 fully saturated rings. The summed E-state index contributed by atoms with van der Waals surface area (Å²) in [5.74, 6) is -0.427. The van der Waals surface area contributed by atoms with Crippen molar-refractivity contribution in [2.24, 2.45) is 0 Å². The minimum absolute atomic E-state index is 0.0577. The number of alkyl halides is 3. The first kappa shape index (κ1) is 21.1. The first-order valence-corrected chi connectivity index (χ1v) is 10.3. The van der Waals surface area contributed by atoms with Crippen molar-refractivity contribution in [3.05, 3.63) is 71.8 Å². The molecule has 31 heavy (non-hydrogen) atoms. The number of carbonyl (C=O) groups excluding carboxylic acids is 1. The molecule has 0 spiro atoms. The third kappa shape index (κ3) is 4.64. The molecule has 2 N–H and O–H groups in total. The molecule has 4 nitrogen and oxygen atoms in total. The Morgan fingerprint density at radius 3 is 2.42 bits per heavy atom. The number of anilines is 2. The zero-order valence-corrected chi connectivity index (χ0v) is 17.3. The van der Waals surface area contributed by atoms with Crippen LogP contribution in [-0.2, 0) is 6.18 Å². The molecule has 0 unspecified atom stereocenters. The number of nitrogens with one attached hydrogen (secondary N) is 2.